The van der Waals surface area contributed by atoms with Crippen molar-refractivity contribution in [2.24, 2.45) is 0 Å². The Morgan fingerprint density at radius 2 is 2.56 bits per heavy atom. The highest BCUT2D eigenvalue weighted by molar-refractivity contribution is 7.11. The van der Waals surface area contributed by atoms with E-state index in [-0.39, 0.29) is 12.2 Å². The van der Waals surface area contributed by atoms with Gasteiger partial charge in [0.25, 0.3) is 5.91 Å². The van der Waals surface area contributed by atoms with Crippen LogP contribution >= 0.6 is 11.3 Å². The van der Waals surface area contributed by atoms with E-state index in [0.717, 1.165) is 25.0 Å². The number of hydroxylamine groups is 1. The van der Waals surface area contributed by atoms with Crippen LogP contribution in [0, 0.1) is 6.92 Å². The molecule has 1 amide bonds. The quantitative estimate of drug-likeness (QED) is 0.818. The number of rotatable bonds is 3. The number of amides is 1. The molecule has 16 heavy (non-hydrogen) atoms. The van der Waals surface area contributed by atoms with Crippen LogP contribution in [0.25, 0.3) is 0 Å². The number of nitrogens with one attached hydrogen (secondary N) is 1. The first-order chi connectivity index (χ1) is 7.77. The fourth-order valence-electron chi connectivity index (χ4n) is 1.49. The van der Waals surface area contributed by atoms with Gasteiger partial charge in [0.15, 0.2) is 6.29 Å². The molecule has 0 aliphatic carbocycles. The zero-order valence-electron chi connectivity index (χ0n) is 9.06. The zero-order valence-corrected chi connectivity index (χ0v) is 9.88. The van der Waals surface area contributed by atoms with E-state index in [1.165, 1.54) is 11.3 Å². The summed E-state index contributed by atoms with van der Waals surface area (Å²) < 4.78 is 5.33. The molecular formula is C10H14N2O3S. The summed E-state index contributed by atoms with van der Waals surface area (Å²) in [5.74, 6) is -0.255. The van der Waals surface area contributed by atoms with Gasteiger partial charge in [0.1, 0.15) is 4.88 Å². The molecule has 1 aliphatic heterocycles. The lowest BCUT2D eigenvalue weighted by Gasteiger charge is -2.21. The van der Waals surface area contributed by atoms with Gasteiger partial charge in [0.2, 0.25) is 0 Å². The third-order valence-electron chi connectivity index (χ3n) is 2.37. The van der Waals surface area contributed by atoms with Gasteiger partial charge in [0.05, 0.1) is 11.2 Å². The number of thiazole rings is 1. The van der Waals surface area contributed by atoms with E-state index in [9.17, 15) is 4.79 Å². The topological polar surface area (TPSA) is 60.5 Å². The number of aromatic nitrogens is 1. The largest absolute Gasteiger partial charge is 0.350 e. The van der Waals surface area contributed by atoms with Gasteiger partial charge >= 0.3 is 0 Å². The summed E-state index contributed by atoms with van der Waals surface area (Å²) in [4.78, 5) is 21.4. The number of ether oxygens (including phenoxy) is 1. The molecule has 0 aromatic carbocycles. The maximum Gasteiger partial charge on any atom is 0.286 e. The van der Waals surface area contributed by atoms with Crippen molar-refractivity contribution in [3.63, 3.8) is 0 Å². The lowest BCUT2D eigenvalue weighted by molar-refractivity contribution is -0.186. The summed E-state index contributed by atoms with van der Waals surface area (Å²) >= 11 is 1.30. The van der Waals surface area contributed by atoms with Gasteiger partial charge in [-0.3, -0.25) is 4.79 Å². The van der Waals surface area contributed by atoms with Crippen LogP contribution in [0.15, 0.2) is 5.51 Å². The number of nitrogens with zero attached hydrogens (tertiary/aromatic N) is 1. The molecule has 88 valence electrons. The van der Waals surface area contributed by atoms with Crippen molar-refractivity contribution < 1.29 is 14.4 Å². The average Bonchev–Trinajstić information content (AvgIpc) is 2.74. The van der Waals surface area contributed by atoms with E-state index in [1.54, 1.807) is 12.4 Å². The molecule has 1 aromatic rings. The van der Waals surface area contributed by atoms with Gasteiger partial charge in [-0.2, -0.15) is 0 Å². The van der Waals surface area contributed by atoms with E-state index >= 15 is 0 Å². The van der Waals surface area contributed by atoms with Crippen LogP contribution in [0.5, 0.6) is 0 Å². The predicted octanol–water partition coefficient (Wildman–Crippen LogP) is 1.64. The Labute approximate surface area is 97.7 Å². The molecule has 1 atom stereocenters. The molecule has 0 spiro atoms. The molecule has 2 rings (SSSR count). The SMILES string of the molecule is Cc1ncsc1C(=O)NOC1CCCCO1. The first-order valence-corrected chi connectivity index (χ1v) is 6.13. The predicted molar refractivity (Wildman–Crippen MR) is 59.0 cm³/mol. The van der Waals surface area contributed by atoms with Gasteiger partial charge < -0.3 is 4.74 Å². The number of carbonyl (C=O) groups excluding carboxylic acids is 1. The molecule has 1 aliphatic rings. The van der Waals surface area contributed by atoms with Crippen molar-refractivity contribution in [2.45, 2.75) is 32.5 Å². The summed E-state index contributed by atoms with van der Waals surface area (Å²) in [6.07, 6.45) is 2.63. The summed E-state index contributed by atoms with van der Waals surface area (Å²) in [6.45, 7) is 2.49. The van der Waals surface area contributed by atoms with E-state index in [0.29, 0.717) is 11.5 Å². The molecule has 0 radical (unpaired) electrons. The Bertz CT molecular complexity index is 361. The van der Waals surface area contributed by atoms with Gasteiger partial charge in [-0.05, 0) is 19.8 Å². The molecular weight excluding hydrogens is 228 g/mol. The first-order valence-electron chi connectivity index (χ1n) is 5.25. The van der Waals surface area contributed by atoms with Gasteiger partial charge in [-0.1, -0.05) is 0 Å². The van der Waals surface area contributed by atoms with E-state index < -0.39 is 0 Å². The molecule has 1 saturated heterocycles. The summed E-state index contributed by atoms with van der Waals surface area (Å²) in [6, 6.07) is 0. The van der Waals surface area contributed by atoms with Crippen molar-refractivity contribution in [1.82, 2.24) is 10.5 Å². The molecule has 2 heterocycles. The van der Waals surface area contributed by atoms with Crippen molar-refractivity contribution >= 4 is 17.2 Å². The fraction of sp³-hybridized carbons (Fsp3) is 0.600. The summed E-state index contributed by atoms with van der Waals surface area (Å²) in [7, 11) is 0. The van der Waals surface area contributed by atoms with Gasteiger partial charge in [-0.25, -0.2) is 15.3 Å². The number of hydrogen-bond donors (Lipinski definition) is 1. The highest BCUT2D eigenvalue weighted by Gasteiger charge is 2.17. The van der Waals surface area contributed by atoms with Crippen LogP contribution in [0.2, 0.25) is 0 Å². The lowest BCUT2D eigenvalue weighted by Crippen LogP contribution is -2.33. The number of carbonyl (C=O) groups is 1. The Hall–Kier alpha value is -0.980. The molecule has 1 aromatic heterocycles. The molecule has 0 saturated carbocycles. The summed E-state index contributed by atoms with van der Waals surface area (Å²) in [5.41, 5.74) is 4.76. The van der Waals surface area contributed by atoms with Gasteiger partial charge in [-0.15, -0.1) is 11.3 Å². The smallest absolute Gasteiger partial charge is 0.286 e. The van der Waals surface area contributed by atoms with E-state index in [2.05, 4.69) is 10.5 Å². The minimum Gasteiger partial charge on any atom is -0.350 e. The van der Waals surface area contributed by atoms with Crippen molar-refractivity contribution in [3.8, 4) is 0 Å². The van der Waals surface area contributed by atoms with Crippen LogP contribution in [-0.2, 0) is 9.57 Å². The Morgan fingerprint density at radius 1 is 1.69 bits per heavy atom. The van der Waals surface area contributed by atoms with Crippen molar-refractivity contribution in [2.75, 3.05) is 6.61 Å². The van der Waals surface area contributed by atoms with Crippen molar-refractivity contribution in [3.05, 3.63) is 16.1 Å². The molecule has 1 N–H and O–H groups in total. The Balaban J connectivity index is 1.81. The monoisotopic (exact) mass is 242 g/mol. The van der Waals surface area contributed by atoms with Crippen LogP contribution in [0.1, 0.15) is 34.6 Å². The second-order valence-corrected chi connectivity index (χ2v) is 4.47. The molecule has 1 unspecified atom stereocenters. The number of hydrogen-bond acceptors (Lipinski definition) is 5. The van der Waals surface area contributed by atoms with Crippen LogP contribution in [0.3, 0.4) is 0 Å². The minimum absolute atomic E-state index is 0.255. The third kappa shape index (κ3) is 2.78. The lowest BCUT2D eigenvalue weighted by atomic mass is 10.2. The Kier molecular flexibility index (Phi) is 3.87. The first kappa shape index (κ1) is 11.5. The van der Waals surface area contributed by atoms with Crippen LogP contribution < -0.4 is 5.48 Å². The molecule has 0 bridgehead atoms. The maximum absolute atomic E-state index is 11.6. The normalized spacial score (nSPS) is 20.7. The van der Waals surface area contributed by atoms with E-state index in [1.807, 2.05) is 0 Å². The van der Waals surface area contributed by atoms with Crippen molar-refractivity contribution in [1.29, 1.82) is 0 Å². The fourth-order valence-corrected chi connectivity index (χ4v) is 2.18. The minimum atomic E-state index is -0.314. The maximum atomic E-state index is 11.6. The van der Waals surface area contributed by atoms with Crippen LogP contribution in [0.4, 0.5) is 0 Å². The molecule has 6 heteroatoms. The van der Waals surface area contributed by atoms with E-state index in [4.69, 9.17) is 9.57 Å². The Morgan fingerprint density at radius 3 is 3.19 bits per heavy atom. The highest BCUT2D eigenvalue weighted by atomic mass is 32.1. The zero-order chi connectivity index (χ0) is 11.4. The second-order valence-electron chi connectivity index (χ2n) is 3.61. The summed E-state index contributed by atoms with van der Waals surface area (Å²) in [5, 5.41) is 0. The standard InChI is InChI=1S/C10H14N2O3S/c1-7-9(16-6-11-7)10(13)12-15-8-4-2-3-5-14-8/h6,8H,2-5H2,1H3,(H,12,13). The highest BCUT2D eigenvalue weighted by Crippen LogP contribution is 2.14. The molecule has 5 nitrogen and oxygen atoms in total. The van der Waals surface area contributed by atoms with Gasteiger partial charge in [0, 0.05) is 13.0 Å². The average molecular weight is 242 g/mol. The van der Waals surface area contributed by atoms with Crippen LogP contribution in [-0.4, -0.2) is 23.8 Å². The second kappa shape index (κ2) is 5.38. The third-order valence-corrected chi connectivity index (χ3v) is 3.30. The molecule has 1 fully saturated rings. The number of aryl methyl sites for hydroxylation is 1.